The number of carbonyl (C=O) groups is 2. The summed E-state index contributed by atoms with van der Waals surface area (Å²) in [5.41, 5.74) is 0.323. The second kappa shape index (κ2) is 7.60. The number of nitriles is 1. The van der Waals surface area contributed by atoms with Crippen molar-refractivity contribution in [3.05, 3.63) is 29.8 Å². The Kier molecular flexibility index (Phi) is 5.54. The molecule has 1 N–H and O–H groups in total. The standard InChI is InChI=1S/C17H20N2O3/c1-19-17(21)15(11-18)16(20)12-6-5-9-14(10-12)22-13-7-3-2-4-8-13/h5-6,9-10,13,15H,2-4,7-8H2,1H3,(H,19,21). The third-order valence-electron chi connectivity index (χ3n) is 3.87. The van der Waals surface area contributed by atoms with E-state index < -0.39 is 17.6 Å². The van der Waals surface area contributed by atoms with E-state index in [1.807, 2.05) is 0 Å². The third kappa shape index (κ3) is 3.85. The molecule has 1 aromatic rings. The van der Waals surface area contributed by atoms with E-state index in [4.69, 9.17) is 10.00 Å². The van der Waals surface area contributed by atoms with Crippen LogP contribution in [0.3, 0.4) is 0 Å². The lowest BCUT2D eigenvalue weighted by atomic mass is 9.97. The Morgan fingerprint density at radius 3 is 2.68 bits per heavy atom. The number of hydrogen-bond donors (Lipinski definition) is 1. The van der Waals surface area contributed by atoms with Crippen molar-refractivity contribution in [1.82, 2.24) is 5.32 Å². The van der Waals surface area contributed by atoms with Crippen LogP contribution in [0.5, 0.6) is 5.75 Å². The van der Waals surface area contributed by atoms with Gasteiger partial charge in [-0.2, -0.15) is 5.26 Å². The van der Waals surface area contributed by atoms with E-state index in [0.717, 1.165) is 25.7 Å². The number of ether oxygens (including phenoxy) is 1. The summed E-state index contributed by atoms with van der Waals surface area (Å²) in [6, 6.07) is 8.48. The van der Waals surface area contributed by atoms with Crippen LogP contribution in [0.4, 0.5) is 0 Å². The van der Waals surface area contributed by atoms with E-state index in [9.17, 15) is 9.59 Å². The minimum Gasteiger partial charge on any atom is -0.490 e. The summed E-state index contributed by atoms with van der Waals surface area (Å²) in [4.78, 5) is 23.9. The highest BCUT2D eigenvalue weighted by molar-refractivity contribution is 6.12. The smallest absolute Gasteiger partial charge is 0.245 e. The molecule has 116 valence electrons. The Balaban J connectivity index is 2.11. The van der Waals surface area contributed by atoms with Crippen LogP contribution in [-0.4, -0.2) is 24.8 Å². The summed E-state index contributed by atoms with van der Waals surface area (Å²) in [5, 5.41) is 11.4. The predicted molar refractivity (Wildman–Crippen MR) is 81.4 cm³/mol. The number of Topliss-reactive ketones (excluding diaryl/α,β-unsaturated/α-hetero) is 1. The molecule has 1 aliphatic carbocycles. The molecule has 1 atom stereocenters. The Hall–Kier alpha value is -2.35. The number of ketones is 1. The molecule has 5 nitrogen and oxygen atoms in total. The van der Waals surface area contributed by atoms with Gasteiger partial charge in [0.25, 0.3) is 0 Å². The SMILES string of the molecule is CNC(=O)C(C#N)C(=O)c1cccc(OC2CCCCC2)c1. The average Bonchev–Trinajstić information content (AvgIpc) is 2.56. The highest BCUT2D eigenvalue weighted by Crippen LogP contribution is 2.24. The summed E-state index contributed by atoms with van der Waals surface area (Å²) < 4.78 is 5.91. The molecule has 0 aliphatic heterocycles. The molecule has 0 aromatic heterocycles. The first kappa shape index (κ1) is 16.0. The zero-order valence-corrected chi connectivity index (χ0v) is 12.7. The highest BCUT2D eigenvalue weighted by Gasteiger charge is 2.27. The van der Waals surface area contributed by atoms with E-state index >= 15 is 0 Å². The Morgan fingerprint density at radius 2 is 2.05 bits per heavy atom. The van der Waals surface area contributed by atoms with Crippen LogP contribution < -0.4 is 10.1 Å². The van der Waals surface area contributed by atoms with Gasteiger partial charge in [-0.3, -0.25) is 9.59 Å². The number of carbonyl (C=O) groups excluding carboxylic acids is 2. The van der Waals surface area contributed by atoms with Gasteiger partial charge >= 0.3 is 0 Å². The maximum Gasteiger partial charge on any atom is 0.245 e. The maximum absolute atomic E-state index is 12.3. The summed E-state index contributed by atoms with van der Waals surface area (Å²) in [6.07, 6.45) is 5.81. The van der Waals surface area contributed by atoms with E-state index in [1.165, 1.54) is 13.5 Å². The van der Waals surface area contributed by atoms with Crippen LogP contribution >= 0.6 is 0 Å². The van der Waals surface area contributed by atoms with Crippen molar-refractivity contribution >= 4 is 11.7 Å². The maximum atomic E-state index is 12.3. The normalized spacial score (nSPS) is 16.4. The quantitative estimate of drug-likeness (QED) is 0.669. The number of benzene rings is 1. The van der Waals surface area contributed by atoms with Crippen molar-refractivity contribution < 1.29 is 14.3 Å². The second-order valence-corrected chi connectivity index (χ2v) is 5.45. The molecule has 2 rings (SSSR count). The van der Waals surface area contributed by atoms with Gasteiger partial charge in [-0.25, -0.2) is 0 Å². The summed E-state index contributed by atoms with van der Waals surface area (Å²) in [5.74, 6) is -1.80. The van der Waals surface area contributed by atoms with Crippen molar-refractivity contribution in [3.8, 4) is 11.8 Å². The Labute approximate surface area is 130 Å². The molecular formula is C17H20N2O3. The van der Waals surface area contributed by atoms with Crippen LogP contribution in [0.2, 0.25) is 0 Å². The van der Waals surface area contributed by atoms with Crippen molar-refractivity contribution in [1.29, 1.82) is 5.26 Å². The molecule has 1 unspecified atom stereocenters. The minimum atomic E-state index is -1.32. The third-order valence-corrected chi connectivity index (χ3v) is 3.87. The van der Waals surface area contributed by atoms with Gasteiger partial charge in [0.2, 0.25) is 5.91 Å². The molecule has 1 aromatic carbocycles. The van der Waals surface area contributed by atoms with Gasteiger partial charge in [0.1, 0.15) is 5.75 Å². The fourth-order valence-corrected chi connectivity index (χ4v) is 2.65. The molecule has 0 radical (unpaired) electrons. The van der Waals surface area contributed by atoms with Gasteiger partial charge in [0, 0.05) is 12.6 Å². The lowest BCUT2D eigenvalue weighted by Crippen LogP contribution is -2.32. The van der Waals surface area contributed by atoms with Crippen molar-refractivity contribution in [2.75, 3.05) is 7.05 Å². The Morgan fingerprint density at radius 1 is 1.32 bits per heavy atom. The number of rotatable bonds is 5. The fourth-order valence-electron chi connectivity index (χ4n) is 2.65. The first-order valence-corrected chi connectivity index (χ1v) is 7.58. The number of hydrogen-bond acceptors (Lipinski definition) is 4. The molecule has 1 amide bonds. The summed E-state index contributed by atoms with van der Waals surface area (Å²) in [7, 11) is 1.41. The molecule has 0 saturated heterocycles. The molecule has 0 bridgehead atoms. The van der Waals surface area contributed by atoms with Gasteiger partial charge < -0.3 is 10.1 Å². The molecule has 1 aliphatic rings. The second-order valence-electron chi connectivity index (χ2n) is 5.45. The van der Waals surface area contributed by atoms with Crippen molar-refractivity contribution in [3.63, 3.8) is 0 Å². The zero-order valence-electron chi connectivity index (χ0n) is 12.7. The molecular weight excluding hydrogens is 280 g/mol. The first-order chi connectivity index (χ1) is 10.7. The zero-order chi connectivity index (χ0) is 15.9. The molecule has 1 saturated carbocycles. The monoisotopic (exact) mass is 300 g/mol. The summed E-state index contributed by atoms with van der Waals surface area (Å²) in [6.45, 7) is 0. The summed E-state index contributed by atoms with van der Waals surface area (Å²) >= 11 is 0. The topological polar surface area (TPSA) is 79.2 Å². The van der Waals surface area contributed by atoms with Gasteiger partial charge in [-0.1, -0.05) is 18.6 Å². The van der Waals surface area contributed by atoms with Crippen LogP contribution in [0, 0.1) is 17.2 Å². The van der Waals surface area contributed by atoms with Crippen molar-refractivity contribution in [2.45, 2.75) is 38.2 Å². The van der Waals surface area contributed by atoms with Crippen LogP contribution in [0.1, 0.15) is 42.5 Å². The van der Waals surface area contributed by atoms with Crippen LogP contribution in [0.25, 0.3) is 0 Å². The number of nitrogens with one attached hydrogen (secondary N) is 1. The van der Waals surface area contributed by atoms with Gasteiger partial charge in [0.15, 0.2) is 11.7 Å². The van der Waals surface area contributed by atoms with E-state index in [0.29, 0.717) is 11.3 Å². The first-order valence-electron chi connectivity index (χ1n) is 7.58. The molecule has 1 fully saturated rings. The Bertz CT molecular complexity index is 586. The van der Waals surface area contributed by atoms with Gasteiger partial charge in [-0.05, 0) is 37.8 Å². The number of nitrogens with zero attached hydrogens (tertiary/aromatic N) is 1. The lowest BCUT2D eigenvalue weighted by Gasteiger charge is -2.23. The largest absolute Gasteiger partial charge is 0.490 e. The van der Waals surface area contributed by atoms with E-state index in [2.05, 4.69) is 5.32 Å². The van der Waals surface area contributed by atoms with E-state index in [1.54, 1.807) is 30.3 Å². The average molecular weight is 300 g/mol. The molecule has 22 heavy (non-hydrogen) atoms. The molecule has 5 heteroatoms. The van der Waals surface area contributed by atoms with Gasteiger partial charge in [0.05, 0.1) is 12.2 Å². The fraction of sp³-hybridized carbons (Fsp3) is 0.471. The molecule has 0 spiro atoms. The molecule has 0 heterocycles. The van der Waals surface area contributed by atoms with Crippen molar-refractivity contribution in [2.24, 2.45) is 5.92 Å². The van der Waals surface area contributed by atoms with Gasteiger partial charge in [-0.15, -0.1) is 0 Å². The van der Waals surface area contributed by atoms with Crippen LogP contribution in [-0.2, 0) is 4.79 Å². The van der Waals surface area contributed by atoms with Crippen LogP contribution in [0.15, 0.2) is 24.3 Å². The highest BCUT2D eigenvalue weighted by atomic mass is 16.5. The lowest BCUT2D eigenvalue weighted by molar-refractivity contribution is -0.121. The number of amides is 1. The van der Waals surface area contributed by atoms with E-state index in [-0.39, 0.29) is 6.10 Å². The predicted octanol–water partition coefficient (Wildman–Crippen LogP) is 2.47. The minimum absolute atomic E-state index is 0.185.